The summed E-state index contributed by atoms with van der Waals surface area (Å²) in [5.74, 6) is 2.50. The molecule has 1 aliphatic rings. The number of hydrogen-bond acceptors (Lipinski definition) is 4. The molecule has 26 heavy (non-hydrogen) atoms. The van der Waals surface area contributed by atoms with Crippen molar-refractivity contribution in [1.82, 2.24) is 15.2 Å². The van der Waals surface area contributed by atoms with E-state index in [1.165, 1.54) is 0 Å². The molecule has 0 aliphatic carbocycles. The fraction of sp³-hybridized carbons (Fsp3) is 0.550. The highest BCUT2D eigenvalue weighted by molar-refractivity contribution is 5.94. The van der Waals surface area contributed by atoms with Crippen LogP contribution in [0, 0.1) is 23.7 Å². The molecule has 2 heterocycles. The van der Waals surface area contributed by atoms with Gasteiger partial charge in [0, 0.05) is 38.1 Å². The number of piperidine rings is 1. The maximum absolute atomic E-state index is 12.8. The first kappa shape index (κ1) is 19.8. The van der Waals surface area contributed by atoms with Gasteiger partial charge in [-0.1, -0.05) is 12.8 Å². The summed E-state index contributed by atoms with van der Waals surface area (Å²) in [5, 5.41) is 6.21. The fourth-order valence-corrected chi connectivity index (χ4v) is 3.00. The van der Waals surface area contributed by atoms with Crippen LogP contribution in [0.5, 0.6) is 0 Å². The molecule has 0 spiro atoms. The quantitative estimate of drug-likeness (QED) is 0.793. The minimum absolute atomic E-state index is 0.0189. The van der Waals surface area contributed by atoms with Crippen molar-refractivity contribution in [2.24, 2.45) is 11.3 Å². The third-order valence-corrected chi connectivity index (χ3v) is 4.80. The van der Waals surface area contributed by atoms with Gasteiger partial charge < -0.3 is 15.5 Å². The van der Waals surface area contributed by atoms with Crippen LogP contribution in [0.15, 0.2) is 18.5 Å². The number of anilines is 1. The molecule has 140 valence electrons. The zero-order chi connectivity index (χ0) is 19.3. The predicted molar refractivity (Wildman–Crippen MR) is 103 cm³/mol. The monoisotopic (exact) mass is 356 g/mol. The van der Waals surface area contributed by atoms with Gasteiger partial charge >= 0.3 is 0 Å². The zero-order valence-electron chi connectivity index (χ0n) is 16.0. The third-order valence-electron chi connectivity index (χ3n) is 4.80. The molecule has 1 aromatic heterocycles. The van der Waals surface area contributed by atoms with Crippen molar-refractivity contribution in [3.05, 3.63) is 24.0 Å². The summed E-state index contributed by atoms with van der Waals surface area (Å²) in [6.07, 6.45) is 9.44. The van der Waals surface area contributed by atoms with Crippen LogP contribution < -0.4 is 10.6 Å². The Morgan fingerprint density at radius 1 is 1.42 bits per heavy atom. The second-order valence-corrected chi connectivity index (χ2v) is 7.36. The van der Waals surface area contributed by atoms with Crippen molar-refractivity contribution >= 4 is 17.5 Å². The average Bonchev–Trinajstić information content (AvgIpc) is 2.63. The van der Waals surface area contributed by atoms with Crippen molar-refractivity contribution in [2.45, 2.75) is 40.2 Å². The van der Waals surface area contributed by atoms with Crippen LogP contribution in [-0.2, 0) is 4.79 Å². The number of hydrogen-bond donors (Lipinski definition) is 2. The van der Waals surface area contributed by atoms with Crippen molar-refractivity contribution in [3.63, 3.8) is 0 Å². The Bertz CT molecular complexity index is 708. The molecule has 1 saturated heterocycles. The van der Waals surface area contributed by atoms with Gasteiger partial charge in [-0.05, 0) is 39.2 Å². The summed E-state index contributed by atoms with van der Waals surface area (Å²) in [5.41, 5.74) is 0.585. The number of aromatic nitrogens is 1. The SMILES string of the molecule is C#CC(C)(C)C(=O)NC1CCN(C(=O)c2cncc(NCC)c2)CC1C. The van der Waals surface area contributed by atoms with Crippen LogP contribution in [0.25, 0.3) is 0 Å². The van der Waals surface area contributed by atoms with E-state index in [1.807, 2.05) is 24.8 Å². The standard InChI is InChI=1S/C20H28N4O2/c1-6-20(4,5)19(26)23-17-8-9-24(13-14(17)3)18(25)15-10-16(22-7-2)12-21-11-15/h1,10-12,14,17,22H,7-9,13H2,2-5H3,(H,23,26). The number of likely N-dealkylation sites (tertiary alicyclic amines) is 1. The molecule has 2 unspecified atom stereocenters. The summed E-state index contributed by atoms with van der Waals surface area (Å²) in [7, 11) is 0. The highest BCUT2D eigenvalue weighted by Gasteiger charge is 2.33. The van der Waals surface area contributed by atoms with Crippen LogP contribution in [0.1, 0.15) is 44.5 Å². The van der Waals surface area contributed by atoms with Gasteiger partial charge in [0.1, 0.15) is 5.41 Å². The largest absolute Gasteiger partial charge is 0.384 e. The van der Waals surface area contributed by atoms with Gasteiger partial charge in [0.25, 0.3) is 5.91 Å². The molecule has 0 radical (unpaired) electrons. The number of nitrogens with one attached hydrogen (secondary N) is 2. The lowest BCUT2D eigenvalue weighted by atomic mass is 9.89. The van der Waals surface area contributed by atoms with Crippen LogP contribution in [0.3, 0.4) is 0 Å². The lowest BCUT2D eigenvalue weighted by molar-refractivity contribution is -0.128. The van der Waals surface area contributed by atoms with Crippen molar-refractivity contribution in [3.8, 4) is 12.3 Å². The Labute approximate surface area is 155 Å². The molecule has 2 atom stereocenters. The molecule has 1 aliphatic heterocycles. The number of amides is 2. The van der Waals surface area contributed by atoms with E-state index in [-0.39, 0.29) is 23.8 Å². The van der Waals surface area contributed by atoms with Gasteiger partial charge in [-0.2, -0.15) is 0 Å². The first-order valence-corrected chi connectivity index (χ1v) is 9.05. The number of carbonyl (C=O) groups is 2. The Morgan fingerprint density at radius 2 is 2.15 bits per heavy atom. The van der Waals surface area contributed by atoms with Gasteiger partial charge in [0.05, 0.1) is 11.3 Å². The first-order valence-electron chi connectivity index (χ1n) is 9.05. The van der Waals surface area contributed by atoms with Crippen LogP contribution in [0.4, 0.5) is 5.69 Å². The second kappa shape index (κ2) is 8.22. The molecule has 0 saturated carbocycles. The van der Waals surface area contributed by atoms with Crippen molar-refractivity contribution in [1.29, 1.82) is 0 Å². The summed E-state index contributed by atoms with van der Waals surface area (Å²) < 4.78 is 0. The molecular weight excluding hydrogens is 328 g/mol. The van der Waals surface area contributed by atoms with E-state index in [2.05, 4.69) is 21.5 Å². The van der Waals surface area contributed by atoms with Crippen LogP contribution in [0.2, 0.25) is 0 Å². The Hall–Kier alpha value is -2.55. The molecule has 1 fully saturated rings. The molecule has 0 aromatic carbocycles. The zero-order valence-corrected chi connectivity index (χ0v) is 16.0. The smallest absolute Gasteiger partial charge is 0.255 e. The first-order chi connectivity index (χ1) is 12.3. The second-order valence-electron chi connectivity index (χ2n) is 7.36. The van der Waals surface area contributed by atoms with Crippen molar-refractivity contribution in [2.75, 3.05) is 25.0 Å². The Balaban J connectivity index is 2.00. The van der Waals surface area contributed by atoms with Gasteiger partial charge in [-0.25, -0.2) is 0 Å². The fourth-order valence-electron chi connectivity index (χ4n) is 3.00. The lowest BCUT2D eigenvalue weighted by Crippen LogP contribution is -2.53. The third kappa shape index (κ3) is 4.54. The molecule has 2 amide bonds. The maximum atomic E-state index is 12.8. The highest BCUT2D eigenvalue weighted by Crippen LogP contribution is 2.22. The van der Waals surface area contributed by atoms with Crippen molar-refractivity contribution < 1.29 is 9.59 Å². The minimum Gasteiger partial charge on any atom is -0.384 e. The summed E-state index contributed by atoms with van der Waals surface area (Å²) in [6.45, 7) is 9.46. The summed E-state index contributed by atoms with van der Waals surface area (Å²) in [4.78, 5) is 31.0. The van der Waals surface area contributed by atoms with E-state index in [4.69, 9.17) is 6.42 Å². The highest BCUT2D eigenvalue weighted by atomic mass is 16.2. The molecule has 0 bridgehead atoms. The molecule has 6 heteroatoms. The van der Waals surface area contributed by atoms with Gasteiger partial charge in [0.2, 0.25) is 5.91 Å². The molecule has 1 aromatic rings. The van der Waals surface area contributed by atoms with E-state index < -0.39 is 5.41 Å². The average molecular weight is 356 g/mol. The van der Waals surface area contributed by atoms with Crippen LogP contribution >= 0.6 is 0 Å². The number of carbonyl (C=O) groups excluding carboxylic acids is 2. The summed E-state index contributed by atoms with van der Waals surface area (Å²) in [6, 6.07) is 1.85. The van der Waals surface area contributed by atoms with Gasteiger partial charge in [-0.15, -0.1) is 6.42 Å². The van der Waals surface area contributed by atoms with Gasteiger partial charge in [-0.3, -0.25) is 14.6 Å². The number of nitrogens with zero attached hydrogens (tertiary/aromatic N) is 2. The summed E-state index contributed by atoms with van der Waals surface area (Å²) >= 11 is 0. The topological polar surface area (TPSA) is 74.3 Å². The maximum Gasteiger partial charge on any atom is 0.255 e. The normalized spacial score (nSPS) is 20.2. The van der Waals surface area contributed by atoms with E-state index in [0.29, 0.717) is 25.1 Å². The lowest BCUT2D eigenvalue weighted by Gasteiger charge is -2.38. The molecule has 2 N–H and O–H groups in total. The van der Waals surface area contributed by atoms with E-state index in [9.17, 15) is 9.59 Å². The predicted octanol–water partition coefficient (Wildman–Crippen LogP) is 2.14. The minimum atomic E-state index is -0.828. The molecule has 2 rings (SSSR count). The van der Waals surface area contributed by atoms with Gasteiger partial charge in [0.15, 0.2) is 0 Å². The van der Waals surface area contributed by atoms with E-state index >= 15 is 0 Å². The molecular formula is C20H28N4O2. The Kier molecular flexibility index (Phi) is 6.25. The van der Waals surface area contributed by atoms with Crippen LogP contribution in [-0.4, -0.2) is 47.4 Å². The number of terminal acetylenes is 1. The van der Waals surface area contributed by atoms with E-state index in [0.717, 1.165) is 12.2 Å². The number of rotatable bonds is 5. The Morgan fingerprint density at radius 3 is 2.77 bits per heavy atom. The molecule has 6 nitrogen and oxygen atoms in total. The van der Waals surface area contributed by atoms with E-state index in [1.54, 1.807) is 26.2 Å². The number of pyridine rings is 1.